The molecule has 9 heteroatoms. The van der Waals surface area contributed by atoms with Crippen molar-refractivity contribution in [2.45, 2.75) is 142 Å². The average Bonchev–Trinajstić information content (AvgIpc) is 3.06. The van der Waals surface area contributed by atoms with Gasteiger partial charge in [0.05, 0.1) is 19.8 Å². The predicted molar refractivity (Wildman–Crippen MR) is 196 cm³/mol. The SMILES string of the molecule is CC/C=C\C/C=C\C/C=C\C/C=C\C/C=C\CCCCCCOCC(COP(=O)(O)OCCN)OC(=O)CCCCCCCCCC. The number of unbranched alkanes of at least 4 members (excludes halogenated alkanes) is 11. The Balaban J connectivity index is 4.10. The molecule has 0 fully saturated rings. The number of hydrogen-bond acceptors (Lipinski definition) is 7. The number of ether oxygens (including phenoxy) is 2. The van der Waals surface area contributed by atoms with Crippen LogP contribution in [0.2, 0.25) is 0 Å². The van der Waals surface area contributed by atoms with Gasteiger partial charge in [-0.2, -0.15) is 0 Å². The van der Waals surface area contributed by atoms with Gasteiger partial charge in [-0.25, -0.2) is 4.57 Å². The van der Waals surface area contributed by atoms with E-state index < -0.39 is 13.9 Å². The van der Waals surface area contributed by atoms with Crippen molar-refractivity contribution in [1.82, 2.24) is 0 Å². The molecule has 0 heterocycles. The Hall–Kier alpha value is -1.80. The number of rotatable bonds is 34. The van der Waals surface area contributed by atoms with Crippen LogP contribution in [0.4, 0.5) is 0 Å². The van der Waals surface area contributed by atoms with E-state index in [9.17, 15) is 14.3 Å². The summed E-state index contributed by atoms with van der Waals surface area (Å²) in [6.07, 6.45) is 41.0. The molecule has 0 aliphatic carbocycles. The number of nitrogens with two attached hydrogens (primary N) is 1. The summed E-state index contributed by atoms with van der Waals surface area (Å²) in [5.74, 6) is -0.348. The van der Waals surface area contributed by atoms with E-state index in [1.54, 1.807) is 0 Å². The molecule has 0 saturated carbocycles. The Labute approximate surface area is 287 Å². The second-order valence-corrected chi connectivity index (χ2v) is 13.2. The zero-order valence-electron chi connectivity index (χ0n) is 29.7. The molecule has 2 atom stereocenters. The molecule has 0 rings (SSSR count). The molecular weight excluding hydrogens is 613 g/mol. The van der Waals surface area contributed by atoms with Gasteiger partial charge in [0.15, 0.2) is 0 Å². The number of carbonyl (C=O) groups excluding carboxylic acids is 1. The minimum absolute atomic E-state index is 0.0936. The first-order valence-corrected chi connectivity index (χ1v) is 19.8. The second-order valence-electron chi connectivity index (χ2n) is 11.7. The van der Waals surface area contributed by atoms with E-state index in [0.717, 1.165) is 83.5 Å². The van der Waals surface area contributed by atoms with Crippen molar-refractivity contribution >= 4 is 13.8 Å². The van der Waals surface area contributed by atoms with Crippen molar-refractivity contribution in [3.63, 3.8) is 0 Å². The smallest absolute Gasteiger partial charge is 0.457 e. The molecule has 0 bridgehead atoms. The van der Waals surface area contributed by atoms with Crippen molar-refractivity contribution in [2.24, 2.45) is 5.73 Å². The number of esters is 1. The van der Waals surface area contributed by atoms with Gasteiger partial charge < -0.3 is 20.1 Å². The summed E-state index contributed by atoms with van der Waals surface area (Å²) >= 11 is 0. The van der Waals surface area contributed by atoms with Crippen LogP contribution in [0, 0.1) is 0 Å². The molecule has 0 aliphatic heterocycles. The fraction of sp³-hybridized carbons (Fsp3) is 0.711. The van der Waals surface area contributed by atoms with Crippen molar-refractivity contribution in [3.8, 4) is 0 Å². The van der Waals surface area contributed by atoms with E-state index >= 15 is 0 Å². The third-order valence-electron chi connectivity index (χ3n) is 7.20. The van der Waals surface area contributed by atoms with E-state index in [2.05, 4.69) is 74.6 Å². The highest BCUT2D eigenvalue weighted by Gasteiger charge is 2.25. The lowest BCUT2D eigenvalue weighted by Crippen LogP contribution is -2.28. The molecule has 0 amide bonds. The van der Waals surface area contributed by atoms with Crippen LogP contribution < -0.4 is 5.73 Å². The molecule has 0 aromatic heterocycles. The lowest BCUT2D eigenvalue weighted by molar-refractivity contribution is -0.154. The minimum atomic E-state index is -4.27. The highest BCUT2D eigenvalue weighted by Crippen LogP contribution is 2.43. The number of allylic oxidation sites excluding steroid dienone is 10. The van der Waals surface area contributed by atoms with Gasteiger partial charge in [-0.3, -0.25) is 13.8 Å². The first-order valence-electron chi connectivity index (χ1n) is 18.3. The number of hydrogen-bond donors (Lipinski definition) is 2. The Morgan fingerprint density at radius 2 is 1.19 bits per heavy atom. The van der Waals surface area contributed by atoms with Gasteiger partial charge in [0.25, 0.3) is 0 Å². The van der Waals surface area contributed by atoms with E-state index in [-0.39, 0.29) is 32.3 Å². The zero-order valence-corrected chi connectivity index (χ0v) is 30.6. The van der Waals surface area contributed by atoms with Crippen molar-refractivity contribution in [3.05, 3.63) is 60.8 Å². The maximum atomic E-state index is 12.4. The Bertz CT molecular complexity index is 900. The molecule has 0 spiro atoms. The third-order valence-corrected chi connectivity index (χ3v) is 8.18. The van der Waals surface area contributed by atoms with Crippen LogP contribution in [0.15, 0.2) is 60.8 Å². The highest BCUT2D eigenvalue weighted by atomic mass is 31.2. The van der Waals surface area contributed by atoms with E-state index in [1.165, 1.54) is 32.1 Å². The van der Waals surface area contributed by atoms with Gasteiger partial charge in [0.2, 0.25) is 0 Å². The molecule has 3 N–H and O–H groups in total. The lowest BCUT2D eigenvalue weighted by Gasteiger charge is -2.20. The summed E-state index contributed by atoms with van der Waals surface area (Å²) in [7, 11) is -4.27. The second kappa shape index (κ2) is 35.5. The maximum absolute atomic E-state index is 12.4. The van der Waals surface area contributed by atoms with Crippen LogP contribution in [0.5, 0.6) is 0 Å². The van der Waals surface area contributed by atoms with Crippen LogP contribution in [0.25, 0.3) is 0 Å². The maximum Gasteiger partial charge on any atom is 0.472 e. The van der Waals surface area contributed by atoms with Crippen LogP contribution in [-0.2, 0) is 27.9 Å². The van der Waals surface area contributed by atoms with Gasteiger partial charge in [-0.05, 0) is 57.8 Å². The molecular formula is C38H68NO7P. The lowest BCUT2D eigenvalue weighted by atomic mass is 10.1. The normalized spacial score (nSPS) is 14.4. The topological polar surface area (TPSA) is 117 Å². The first-order chi connectivity index (χ1) is 22.9. The Morgan fingerprint density at radius 1 is 0.660 bits per heavy atom. The average molecular weight is 682 g/mol. The fourth-order valence-electron chi connectivity index (χ4n) is 4.55. The fourth-order valence-corrected chi connectivity index (χ4v) is 5.32. The van der Waals surface area contributed by atoms with E-state index in [1.807, 2.05) is 0 Å². The summed E-state index contributed by atoms with van der Waals surface area (Å²) in [6.45, 7) is 4.68. The number of carbonyl (C=O) groups is 1. The van der Waals surface area contributed by atoms with Crippen molar-refractivity contribution < 1.29 is 32.8 Å². The standard InChI is InChI=1S/C38H68NO7P/c1-3-5-7-9-11-13-14-15-16-17-18-19-20-21-22-23-24-26-28-30-33-43-35-37(36-45-47(41,42)44-34-32-39)46-38(40)31-29-27-25-12-10-8-6-4-2/h5,7,11,13,15-16,18-19,21-22,37H,3-4,6,8-10,12,14,17,20,23-36,39H2,1-2H3,(H,41,42)/b7-5-,13-11-,16-15-,19-18-,22-21-. The van der Waals surface area contributed by atoms with Crippen LogP contribution >= 0.6 is 7.82 Å². The summed E-state index contributed by atoms with van der Waals surface area (Å²) in [4.78, 5) is 22.2. The molecule has 272 valence electrons. The monoisotopic (exact) mass is 681 g/mol. The Kier molecular flexibility index (Phi) is 34.1. The molecule has 0 saturated heterocycles. The summed E-state index contributed by atoms with van der Waals surface area (Å²) in [5, 5.41) is 0. The summed E-state index contributed by atoms with van der Waals surface area (Å²) < 4.78 is 33.1. The summed E-state index contributed by atoms with van der Waals surface area (Å²) in [5.41, 5.74) is 5.34. The zero-order chi connectivity index (χ0) is 34.5. The quantitative estimate of drug-likeness (QED) is 0.0298. The number of phosphoric ester groups is 1. The molecule has 0 radical (unpaired) electrons. The largest absolute Gasteiger partial charge is 0.472 e. The van der Waals surface area contributed by atoms with Crippen LogP contribution in [-0.4, -0.2) is 49.9 Å². The predicted octanol–water partition coefficient (Wildman–Crippen LogP) is 10.2. The first kappa shape index (κ1) is 45.2. The highest BCUT2D eigenvalue weighted by molar-refractivity contribution is 7.47. The van der Waals surface area contributed by atoms with Crippen LogP contribution in [0.3, 0.4) is 0 Å². The van der Waals surface area contributed by atoms with E-state index in [4.69, 9.17) is 24.3 Å². The van der Waals surface area contributed by atoms with Gasteiger partial charge >= 0.3 is 13.8 Å². The van der Waals surface area contributed by atoms with Gasteiger partial charge in [0, 0.05) is 19.6 Å². The van der Waals surface area contributed by atoms with Crippen molar-refractivity contribution in [2.75, 3.05) is 33.0 Å². The summed E-state index contributed by atoms with van der Waals surface area (Å²) in [6, 6.07) is 0. The molecule has 0 aliphatic rings. The van der Waals surface area contributed by atoms with Crippen LogP contribution in [0.1, 0.15) is 136 Å². The van der Waals surface area contributed by atoms with E-state index in [0.29, 0.717) is 13.0 Å². The van der Waals surface area contributed by atoms with Crippen molar-refractivity contribution in [1.29, 1.82) is 0 Å². The molecule has 0 aromatic rings. The molecule has 47 heavy (non-hydrogen) atoms. The molecule has 2 unspecified atom stereocenters. The minimum Gasteiger partial charge on any atom is -0.457 e. The number of phosphoric acid groups is 1. The molecule has 8 nitrogen and oxygen atoms in total. The van der Waals surface area contributed by atoms with Gasteiger partial charge in [0.1, 0.15) is 6.10 Å². The third kappa shape index (κ3) is 35.3. The van der Waals surface area contributed by atoms with Gasteiger partial charge in [-0.1, -0.05) is 132 Å². The Morgan fingerprint density at radius 3 is 1.79 bits per heavy atom. The molecule has 0 aromatic carbocycles. The van der Waals surface area contributed by atoms with Gasteiger partial charge in [-0.15, -0.1) is 0 Å².